The van der Waals surface area contributed by atoms with Crippen molar-refractivity contribution in [1.29, 1.82) is 0 Å². The van der Waals surface area contributed by atoms with Gasteiger partial charge in [0.25, 0.3) is 5.91 Å². The highest BCUT2D eigenvalue weighted by Gasteiger charge is 2.33. The average Bonchev–Trinajstić information content (AvgIpc) is 3.54. The minimum atomic E-state index is -0.251. The zero-order valence-electron chi connectivity index (χ0n) is 20.0. The van der Waals surface area contributed by atoms with E-state index in [1.165, 1.54) is 16.3 Å². The van der Waals surface area contributed by atoms with Crippen LogP contribution < -0.4 is 19.2 Å². The molecule has 0 unspecified atom stereocenters. The second-order valence-corrected chi connectivity index (χ2v) is 8.68. The number of rotatable bonds is 7. The summed E-state index contributed by atoms with van der Waals surface area (Å²) in [6, 6.07) is 22.8. The number of nitrogens with zero attached hydrogens (tertiary/aromatic N) is 3. The maximum Gasteiger partial charge on any atom is 0.283 e. The number of hydrogen-bond acceptors (Lipinski definition) is 7. The van der Waals surface area contributed by atoms with Crippen molar-refractivity contribution in [2.75, 3.05) is 26.3 Å². The van der Waals surface area contributed by atoms with Gasteiger partial charge in [0.05, 0.1) is 32.6 Å². The number of hydrazone groups is 1. The first-order chi connectivity index (χ1) is 17.6. The molecule has 0 saturated heterocycles. The largest absolute Gasteiger partial charge is 0.497 e. The van der Waals surface area contributed by atoms with Gasteiger partial charge >= 0.3 is 0 Å². The summed E-state index contributed by atoms with van der Waals surface area (Å²) in [6.45, 7) is 0. The molecule has 2 heterocycles. The fraction of sp³-hybridized carbons (Fsp3) is 0.107. The molecule has 1 aliphatic heterocycles. The summed E-state index contributed by atoms with van der Waals surface area (Å²) in [5.41, 5.74) is 4.37. The van der Waals surface area contributed by atoms with Gasteiger partial charge in [-0.1, -0.05) is 36.4 Å². The maximum absolute atomic E-state index is 13.6. The topological polar surface area (TPSA) is 73.2 Å². The first-order valence-electron chi connectivity index (χ1n) is 11.1. The Kier molecular flexibility index (Phi) is 6.51. The summed E-state index contributed by atoms with van der Waals surface area (Å²) in [5.74, 6) is 1.71. The fourth-order valence-corrected chi connectivity index (χ4v) is 4.63. The Morgan fingerprint density at radius 3 is 2.28 bits per heavy atom. The molecular weight excluding hydrogens is 474 g/mol. The van der Waals surface area contributed by atoms with Crippen molar-refractivity contribution in [3.05, 3.63) is 94.9 Å². The van der Waals surface area contributed by atoms with E-state index in [1.807, 2.05) is 84.3 Å². The summed E-state index contributed by atoms with van der Waals surface area (Å²) >= 11 is 1.36. The van der Waals surface area contributed by atoms with E-state index in [0.29, 0.717) is 27.9 Å². The predicted octanol–water partition coefficient (Wildman–Crippen LogP) is 5.67. The van der Waals surface area contributed by atoms with E-state index >= 15 is 0 Å². The van der Waals surface area contributed by atoms with Crippen molar-refractivity contribution in [1.82, 2.24) is 4.98 Å². The van der Waals surface area contributed by atoms with Gasteiger partial charge in [-0.05, 0) is 48.0 Å². The predicted molar refractivity (Wildman–Crippen MR) is 142 cm³/mol. The van der Waals surface area contributed by atoms with Gasteiger partial charge in [-0.15, -0.1) is 11.3 Å². The van der Waals surface area contributed by atoms with E-state index in [1.54, 1.807) is 21.3 Å². The summed E-state index contributed by atoms with van der Waals surface area (Å²) in [5, 5.41) is 8.48. The number of aromatic nitrogens is 1. The molecular formula is C28H23N3O4S. The summed E-state index contributed by atoms with van der Waals surface area (Å²) in [4.78, 5) is 18.3. The molecule has 0 N–H and O–H groups in total. The molecule has 3 aromatic carbocycles. The Hall–Kier alpha value is -4.43. The lowest BCUT2D eigenvalue weighted by molar-refractivity contribution is -0.114. The minimum absolute atomic E-state index is 0.251. The molecule has 0 fully saturated rings. The van der Waals surface area contributed by atoms with Gasteiger partial charge < -0.3 is 14.2 Å². The second-order valence-electron chi connectivity index (χ2n) is 7.85. The number of benzene rings is 3. The standard InChI is InChI=1S/C28H23N3O4S/c1-33-21-12-10-19(11-13-21)23-17-36-28(29-23)31-27(32)22(26(30-31)20-7-5-4-6-8-20)15-18-9-14-24(34-2)25(16-18)35-3/h4-17H,1-3H3. The molecule has 7 nitrogen and oxygen atoms in total. The molecule has 1 aromatic heterocycles. The SMILES string of the molecule is COc1ccc(-c2csc(N3N=C(c4ccccc4)C(=Cc4ccc(OC)c(OC)c4)C3=O)n2)cc1. The first kappa shape index (κ1) is 23.3. The zero-order valence-corrected chi connectivity index (χ0v) is 20.8. The van der Waals surface area contributed by atoms with Crippen molar-refractivity contribution < 1.29 is 19.0 Å². The molecule has 5 rings (SSSR count). The van der Waals surface area contributed by atoms with Crippen molar-refractivity contribution in [3.8, 4) is 28.5 Å². The van der Waals surface area contributed by atoms with E-state index in [0.717, 1.165) is 28.1 Å². The van der Waals surface area contributed by atoms with Crippen LogP contribution in [0.25, 0.3) is 17.3 Å². The number of amides is 1. The van der Waals surface area contributed by atoms with Crippen molar-refractivity contribution in [2.45, 2.75) is 0 Å². The van der Waals surface area contributed by atoms with Crippen LogP contribution >= 0.6 is 11.3 Å². The van der Waals surface area contributed by atoms with Gasteiger partial charge in [-0.2, -0.15) is 10.1 Å². The van der Waals surface area contributed by atoms with E-state index in [4.69, 9.17) is 24.3 Å². The van der Waals surface area contributed by atoms with Crippen molar-refractivity contribution in [3.63, 3.8) is 0 Å². The first-order valence-corrected chi connectivity index (χ1v) is 12.0. The lowest BCUT2D eigenvalue weighted by Crippen LogP contribution is -2.21. The van der Waals surface area contributed by atoms with E-state index in [-0.39, 0.29) is 5.91 Å². The number of carbonyl (C=O) groups excluding carboxylic acids is 1. The molecule has 0 aliphatic carbocycles. The van der Waals surface area contributed by atoms with Crippen LogP contribution in [-0.2, 0) is 4.79 Å². The van der Waals surface area contributed by atoms with E-state index in [9.17, 15) is 4.79 Å². The van der Waals surface area contributed by atoms with Gasteiger partial charge in [0.15, 0.2) is 11.5 Å². The average molecular weight is 498 g/mol. The number of thiazole rings is 1. The van der Waals surface area contributed by atoms with Gasteiger partial charge in [-0.3, -0.25) is 4.79 Å². The summed E-state index contributed by atoms with van der Waals surface area (Å²) in [7, 11) is 4.80. The highest BCUT2D eigenvalue weighted by molar-refractivity contribution is 7.14. The second kappa shape index (κ2) is 10.1. The molecule has 36 heavy (non-hydrogen) atoms. The summed E-state index contributed by atoms with van der Waals surface area (Å²) in [6.07, 6.45) is 1.81. The van der Waals surface area contributed by atoms with Gasteiger partial charge in [-0.25, -0.2) is 4.98 Å². The monoisotopic (exact) mass is 497 g/mol. The molecule has 0 atom stereocenters. The lowest BCUT2D eigenvalue weighted by Gasteiger charge is -2.09. The van der Waals surface area contributed by atoms with Crippen molar-refractivity contribution >= 4 is 34.2 Å². The van der Waals surface area contributed by atoms with Gasteiger partial charge in [0.2, 0.25) is 5.13 Å². The minimum Gasteiger partial charge on any atom is -0.497 e. The normalized spacial score (nSPS) is 14.2. The highest BCUT2D eigenvalue weighted by atomic mass is 32.1. The van der Waals surface area contributed by atoms with Crippen LogP contribution in [0.1, 0.15) is 11.1 Å². The molecule has 180 valence electrons. The van der Waals surface area contributed by atoms with Crippen LogP contribution in [0, 0.1) is 0 Å². The third-order valence-electron chi connectivity index (χ3n) is 5.70. The number of ether oxygens (including phenoxy) is 3. The molecule has 4 aromatic rings. The quantitative estimate of drug-likeness (QED) is 0.308. The molecule has 1 aliphatic rings. The molecule has 1 amide bonds. The van der Waals surface area contributed by atoms with E-state index in [2.05, 4.69) is 0 Å². The third kappa shape index (κ3) is 4.46. The molecule has 0 spiro atoms. The fourth-order valence-electron chi connectivity index (χ4n) is 3.85. The molecule has 8 heteroatoms. The highest BCUT2D eigenvalue weighted by Crippen LogP contribution is 2.34. The maximum atomic E-state index is 13.6. The van der Waals surface area contributed by atoms with Crippen molar-refractivity contribution in [2.24, 2.45) is 5.10 Å². The lowest BCUT2D eigenvalue weighted by atomic mass is 10.00. The number of methoxy groups -OCH3 is 3. The van der Waals surface area contributed by atoms with Crippen LogP contribution in [0.2, 0.25) is 0 Å². The Balaban J connectivity index is 1.53. The number of hydrogen-bond donors (Lipinski definition) is 0. The smallest absolute Gasteiger partial charge is 0.283 e. The Morgan fingerprint density at radius 1 is 0.833 bits per heavy atom. The number of anilines is 1. The van der Waals surface area contributed by atoms with Crippen LogP contribution in [-0.4, -0.2) is 37.9 Å². The zero-order chi connectivity index (χ0) is 25.1. The van der Waals surface area contributed by atoms with E-state index < -0.39 is 0 Å². The Morgan fingerprint density at radius 2 is 1.58 bits per heavy atom. The molecule has 0 saturated carbocycles. The number of carbonyl (C=O) groups is 1. The molecule has 0 bridgehead atoms. The van der Waals surface area contributed by atoms with Gasteiger partial charge in [0.1, 0.15) is 11.5 Å². The summed E-state index contributed by atoms with van der Waals surface area (Å²) < 4.78 is 16.0. The Bertz CT molecular complexity index is 1460. The van der Waals surface area contributed by atoms with Crippen LogP contribution in [0.5, 0.6) is 17.2 Å². The van der Waals surface area contributed by atoms with Crippen LogP contribution in [0.4, 0.5) is 5.13 Å². The molecule has 0 radical (unpaired) electrons. The third-order valence-corrected chi connectivity index (χ3v) is 6.52. The van der Waals surface area contributed by atoms with Gasteiger partial charge in [0, 0.05) is 16.5 Å². The van der Waals surface area contributed by atoms with Crippen LogP contribution in [0.3, 0.4) is 0 Å². The Labute approximate surface area is 212 Å². The van der Waals surface area contributed by atoms with Crippen LogP contribution in [0.15, 0.2) is 88.9 Å².